The van der Waals surface area contributed by atoms with Crippen LogP contribution in [0.15, 0.2) is 12.1 Å². The van der Waals surface area contributed by atoms with Gasteiger partial charge in [0.05, 0.1) is 30.6 Å². The third kappa shape index (κ3) is 5.40. The van der Waals surface area contributed by atoms with Crippen LogP contribution in [-0.4, -0.2) is 67.4 Å². The number of aromatic nitrogens is 2. The fourth-order valence-electron chi connectivity index (χ4n) is 6.13. The smallest absolute Gasteiger partial charge is 0.257 e. The Bertz CT molecular complexity index is 1320. The monoisotopic (exact) mass is 535 g/mol. The van der Waals surface area contributed by atoms with E-state index in [-0.39, 0.29) is 11.7 Å². The van der Waals surface area contributed by atoms with E-state index in [1.54, 1.807) is 7.11 Å². The van der Waals surface area contributed by atoms with Crippen molar-refractivity contribution >= 4 is 22.4 Å². The topological polar surface area (TPSA) is 62.8 Å². The Kier molecular flexibility index (Phi) is 7.55. The molecule has 1 aliphatic carbocycles. The number of ether oxygens (including phenoxy) is 2. The van der Waals surface area contributed by atoms with Crippen LogP contribution in [0.5, 0.6) is 11.6 Å². The van der Waals surface area contributed by atoms with E-state index in [0.29, 0.717) is 31.3 Å². The molecule has 0 bridgehead atoms. The number of rotatable bonds is 9. The van der Waals surface area contributed by atoms with E-state index in [1.807, 2.05) is 11.0 Å². The molecule has 1 N–H and O–H groups in total. The van der Waals surface area contributed by atoms with Crippen LogP contribution in [0.25, 0.3) is 11.0 Å². The predicted molar refractivity (Wildman–Crippen MR) is 147 cm³/mol. The number of hydrogen-bond acceptors (Lipinski definition) is 7. The van der Waals surface area contributed by atoms with Crippen molar-refractivity contribution in [2.75, 3.05) is 56.7 Å². The van der Waals surface area contributed by atoms with Crippen LogP contribution in [0.1, 0.15) is 49.8 Å². The molecular weight excluding hydrogens is 500 g/mol. The number of piperidine rings is 1. The summed E-state index contributed by atoms with van der Waals surface area (Å²) in [5.41, 5.74) is 5.20. The number of nitrogens with zero attached hydrogens (tertiary/aromatic N) is 4. The standard InChI is InChI=1S/C30H35F2N5O2/c1-38-30-26(39-18-6-15-36-13-2-3-14-36)19-24-29(35-30)28(21-7-4-9-23(21)34-24)33-20-11-16-37(17-12-20)25-10-5-8-22(31)27(25)32/h10,19-20H,2-4,6-7,9,11-18H2,1H3,(H,33,34). The van der Waals surface area contributed by atoms with Gasteiger partial charge in [-0.2, -0.15) is 4.39 Å². The molecule has 0 radical (unpaired) electrons. The van der Waals surface area contributed by atoms with Gasteiger partial charge in [0.15, 0.2) is 11.6 Å². The molecule has 7 nitrogen and oxygen atoms in total. The van der Waals surface area contributed by atoms with Gasteiger partial charge in [0, 0.05) is 43.5 Å². The molecular formula is C30H35F2N5O2. The minimum Gasteiger partial charge on any atom is -0.488 e. The van der Waals surface area contributed by atoms with Gasteiger partial charge in [-0.3, -0.25) is 4.98 Å². The number of likely N-dealkylation sites (tertiary alicyclic amines) is 1. The number of aryl methyl sites for hydroxylation is 1. The lowest BCUT2D eigenvalue weighted by Gasteiger charge is -2.34. The molecule has 0 saturated carbocycles. The fourth-order valence-corrected chi connectivity index (χ4v) is 6.13. The molecule has 0 unspecified atom stereocenters. The molecule has 4 heterocycles. The van der Waals surface area contributed by atoms with Crippen molar-refractivity contribution in [3.05, 3.63) is 47.2 Å². The molecule has 2 aliphatic heterocycles. The van der Waals surface area contributed by atoms with Crippen molar-refractivity contribution < 1.29 is 18.3 Å². The predicted octanol–water partition coefficient (Wildman–Crippen LogP) is 4.95. The van der Waals surface area contributed by atoms with Crippen molar-refractivity contribution in [3.8, 4) is 11.6 Å². The van der Waals surface area contributed by atoms with E-state index in [0.717, 1.165) is 67.5 Å². The quantitative estimate of drug-likeness (QED) is 0.389. The van der Waals surface area contributed by atoms with Crippen LogP contribution in [0.3, 0.4) is 0 Å². The van der Waals surface area contributed by atoms with Gasteiger partial charge >= 0.3 is 0 Å². The number of anilines is 2. The largest absolute Gasteiger partial charge is 0.488 e. The molecule has 2 saturated heterocycles. The number of fused-ring (bicyclic) bond motifs is 2. The van der Waals surface area contributed by atoms with Gasteiger partial charge in [-0.05, 0) is 76.1 Å². The van der Waals surface area contributed by atoms with Crippen LogP contribution in [0, 0.1) is 23.8 Å². The van der Waals surface area contributed by atoms with Crippen LogP contribution in [0.2, 0.25) is 0 Å². The van der Waals surface area contributed by atoms with Crippen molar-refractivity contribution in [3.63, 3.8) is 0 Å². The number of hydrogen-bond donors (Lipinski definition) is 1. The first-order chi connectivity index (χ1) is 19.1. The van der Waals surface area contributed by atoms with Crippen LogP contribution in [-0.2, 0) is 12.8 Å². The van der Waals surface area contributed by atoms with Gasteiger partial charge < -0.3 is 24.6 Å². The van der Waals surface area contributed by atoms with E-state index in [1.165, 1.54) is 37.6 Å². The molecule has 6 rings (SSSR count). The van der Waals surface area contributed by atoms with E-state index >= 15 is 0 Å². The Labute approximate surface area is 228 Å². The molecule has 1 aromatic carbocycles. The summed E-state index contributed by atoms with van der Waals surface area (Å²) in [4.78, 5) is 14.2. The van der Waals surface area contributed by atoms with Gasteiger partial charge in [-0.1, -0.05) is 6.07 Å². The lowest BCUT2D eigenvalue weighted by molar-refractivity contribution is 0.252. The summed E-state index contributed by atoms with van der Waals surface area (Å²) in [5, 5.41) is 3.76. The van der Waals surface area contributed by atoms with E-state index in [4.69, 9.17) is 19.4 Å². The minimum atomic E-state index is -0.985. The zero-order valence-electron chi connectivity index (χ0n) is 22.5. The van der Waals surface area contributed by atoms with Gasteiger partial charge in [0.2, 0.25) is 5.82 Å². The molecule has 9 heteroatoms. The SMILES string of the molecule is COc1nc2c(NC3CCN(c4cc#cc(F)c4F)CC3)c3c(nc2cc1OCCCN1CCCC1)CCC3. The highest BCUT2D eigenvalue weighted by Crippen LogP contribution is 2.38. The molecule has 2 fully saturated rings. The molecule has 0 spiro atoms. The molecule has 3 aromatic rings. The highest BCUT2D eigenvalue weighted by Gasteiger charge is 2.27. The summed E-state index contributed by atoms with van der Waals surface area (Å²) in [7, 11) is 1.62. The molecule has 39 heavy (non-hydrogen) atoms. The van der Waals surface area contributed by atoms with Crippen molar-refractivity contribution in [1.29, 1.82) is 0 Å². The minimum absolute atomic E-state index is 0.179. The summed E-state index contributed by atoms with van der Waals surface area (Å²) >= 11 is 0. The number of pyridine rings is 2. The Hall–Kier alpha value is -3.38. The highest BCUT2D eigenvalue weighted by atomic mass is 19.2. The zero-order chi connectivity index (χ0) is 26.8. The first kappa shape index (κ1) is 25.9. The summed E-state index contributed by atoms with van der Waals surface area (Å²) in [6.45, 7) is 5.25. The Morgan fingerprint density at radius 1 is 1.08 bits per heavy atom. The maximum Gasteiger partial charge on any atom is 0.257 e. The van der Waals surface area contributed by atoms with Crippen LogP contribution < -0.4 is 19.7 Å². The van der Waals surface area contributed by atoms with Crippen molar-refractivity contribution in [2.24, 2.45) is 0 Å². The summed E-state index contributed by atoms with van der Waals surface area (Å²) in [6.07, 6.45) is 8.08. The van der Waals surface area contributed by atoms with Gasteiger partial charge in [0.25, 0.3) is 5.88 Å². The molecule has 2 aromatic heterocycles. The second kappa shape index (κ2) is 11.4. The lowest BCUT2D eigenvalue weighted by atomic mass is 10.0. The van der Waals surface area contributed by atoms with E-state index in [9.17, 15) is 8.78 Å². The first-order valence-corrected chi connectivity index (χ1v) is 14.1. The first-order valence-electron chi connectivity index (χ1n) is 14.1. The molecule has 3 aliphatic rings. The highest BCUT2D eigenvalue weighted by molar-refractivity contribution is 5.92. The van der Waals surface area contributed by atoms with Crippen LogP contribution >= 0.6 is 0 Å². The Morgan fingerprint density at radius 3 is 2.69 bits per heavy atom. The van der Waals surface area contributed by atoms with Gasteiger partial charge in [-0.25, -0.2) is 9.37 Å². The average molecular weight is 536 g/mol. The summed E-state index contributed by atoms with van der Waals surface area (Å²) in [6, 6.07) is 8.35. The molecule has 0 amide bonds. The Morgan fingerprint density at radius 2 is 1.90 bits per heavy atom. The second-order valence-electron chi connectivity index (χ2n) is 10.7. The fraction of sp³-hybridized carbons (Fsp3) is 0.533. The Balaban J connectivity index is 1.19. The molecule has 0 atom stereocenters. The number of methoxy groups -OCH3 is 1. The van der Waals surface area contributed by atoms with E-state index < -0.39 is 11.6 Å². The third-order valence-corrected chi connectivity index (χ3v) is 8.18. The van der Waals surface area contributed by atoms with Crippen LogP contribution in [0.4, 0.5) is 20.2 Å². The van der Waals surface area contributed by atoms with Crippen molar-refractivity contribution in [2.45, 2.75) is 57.4 Å². The second-order valence-corrected chi connectivity index (χ2v) is 10.7. The normalized spacial score (nSPS) is 17.9. The number of nitrogens with one attached hydrogen (secondary N) is 1. The van der Waals surface area contributed by atoms with E-state index in [2.05, 4.69) is 22.3 Å². The zero-order valence-corrected chi connectivity index (χ0v) is 22.5. The number of halogens is 2. The summed E-state index contributed by atoms with van der Waals surface area (Å²) in [5.74, 6) is -0.747. The maximum atomic E-state index is 14.3. The lowest BCUT2D eigenvalue weighted by Crippen LogP contribution is -2.39. The maximum absolute atomic E-state index is 14.3. The van der Waals surface area contributed by atoms with Gasteiger partial charge in [-0.15, -0.1) is 0 Å². The molecule has 206 valence electrons. The third-order valence-electron chi connectivity index (χ3n) is 8.18. The average Bonchev–Trinajstić information content (AvgIpc) is 3.65. The van der Waals surface area contributed by atoms with Gasteiger partial charge in [0.1, 0.15) is 5.52 Å². The summed E-state index contributed by atoms with van der Waals surface area (Å²) < 4.78 is 39.8. The van der Waals surface area contributed by atoms with Crippen molar-refractivity contribution in [1.82, 2.24) is 14.9 Å².